The van der Waals surface area contributed by atoms with Gasteiger partial charge in [-0.25, -0.2) is 0 Å². The summed E-state index contributed by atoms with van der Waals surface area (Å²) < 4.78 is 5.46. The third-order valence-electron chi connectivity index (χ3n) is 6.19. The van der Waals surface area contributed by atoms with Gasteiger partial charge in [-0.2, -0.15) is 0 Å². The van der Waals surface area contributed by atoms with E-state index in [-0.39, 0.29) is 5.91 Å². The van der Waals surface area contributed by atoms with Crippen molar-refractivity contribution in [3.05, 3.63) is 58.3 Å². The molecule has 5 nitrogen and oxygen atoms in total. The smallest absolute Gasteiger partial charge is 0.219 e. The van der Waals surface area contributed by atoms with E-state index in [9.17, 15) is 4.79 Å². The molecule has 1 fully saturated rings. The molecule has 0 radical (unpaired) electrons. The van der Waals surface area contributed by atoms with Gasteiger partial charge in [0.25, 0.3) is 0 Å². The number of carbonyl (C=O) groups excluding carboxylic acids is 1. The highest BCUT2D eigenvalue weighted by Crippen LogP contribution is 2.38. The fourth-order valence-corrected chi connectivity index (χ4v) is 5.47. The molecule has 2 aromatic rings. The van der Waals surface area contributed by atoms with Crippen LogP contribution in [0.2, 0.25) is 0 Å². The molecule has 0 N–H and O–H groups in total. The summed E-state index contributed by atoms with van der Waals surface area (Å²) in [7, 11) is 0. The van der Waals surface area contributed by atoms with Gasteiger partial charge < -0.3 is 9.64 Å². The first-order valence-corrected chi connectivity index (χ1v) is 11.5. The number of hydrogen-bond acceptors (Lipinski definition) is 5. The van der Waals surface area contributed by atoms with Crippen molar-refractivity contribution >= 4 is 22.8 Å². The standard InChI is InChI=1S/C24H27N3O2S/c1-17(28)27-8-6-18(7-9-27)21-3-4-23-22(21)14-19(15-25-23)24-5-2-20(30-24)16-26-10-12-29-13-11-26/h2-3,5-6,14-15H,4,7-13,16H2,1H3. The number of amides is 1. The Bertz CT molecular complexity index is 1020. The Balaban J connectivity index is 1.34. The van der Waals surface area contributed by atoms with Crippen molar-refractivity contribution in [2.45, 2.75) is 26.3 Å². The lowest BCUT2D eigenvalue weighted by Gasteiger charge is -2.26. The number of rotatable bonds is 4. The largest absolute Gasteiger partial charge is 0.379 e. The number of ether oxygens (including phenoxy) is 1. The van der Waals surface area contributed by atoms with Crippen LogP contribution in [0.5, 0.6) is 0 Å². The Hall–Kier alpha value is -2.28. The molecule has 0 atom stereocenters. The molecule has 0 unspecified atom stereocenters. The average molecular weight is 422 g/mol. The first kappa shape index (κ1) is 19.7. The number of morpholine rings is 1. The SMILES string of the molecule is CC(=O)N1CC=C(C2=CCc3ncc(-c4ccc(CN5CCOCC5)s4)cc32)CC1. The van der Waals surface area contributed by atoms with Crippen LogP contribution in [0.15, 0.2) is 42.1 Å². The predicted molar refractivity (Wildman–Crippen MR) is 120 cm³/mol. The van der Waals surface area contributed by atoms with Gasteiger partial charge in [-0.15, -0.1) is 11.3 Å². The van der Waals surface area contributed by atoms with Crippen molar-refractivity contribution in [3.63, 3.8) is 0 Å². The fraction of sp³-hybridized carbons (Fsp3) is 0.417. The van der Waals surface area contributed by atoms with Crippen LogP contribution < -0.4 is 0 Å². The van der Waals surface area contributed by atoms with Gasteiger partial charge in [-0.05, 0) is 35.8 Å². The minimum absolute atomic E-state index is 0.153. The average Bonchev–Trinajstić information content (AvgIpc) is 3.41. The second-order valence-corrected chi connectivity index (χ2v) is 9.31. The van der Waals surface area contributed by atoms with Crippen LogP contribution in [-0.2, 0) is 22.5 Å². The summed E-state index contributed by atoms with van der Waals surface area (Å²) in [5.41, 5.74) is 6.28. The summed E-state index contributed by atoms with van der Waals surface area (Å²) in [5.74, 6) is 0.153. The molecular formula is C24H27N3O2S. The minimum atomic E-state index is 0.153. The van der Waals surface area contributed by atoms with E-state index in [1.165, 1.54) is 32.0 Å². The number of nitrogens with zero attached hydrogens (tertiary/aromatic N) is 3. The van der Waals surface area contributed by atoms with Crippen molar-refractivity contribution in [2.24, 2.45) is 0 Å². The number of pyridine rings is 1. The molecule has 2 aliphatic heterocycles. The molecule has 156 valence electrons. The van der Waals surface area contributed by atoms with Crippen LogP contribution in [0, 0.1) is 0 Å². The Morgan fingerprint density at radius 2 is 2.07 bits per heavy atom. The summed E-state index contributed by atoms with van der Waals surface area (Å²) in [4.78, 5) is 23.4. The van der Waals surface area contributed by atoms with E-state index in [0.717, 1.165) is 57.9 Å². The van der Waals surface area contributed by atoms with E-state index in [2.05, 4.69) is 35.3 Å². The highest BCUT2D eigenvalue weighted by atomic mass is 32.1. The van der Waals surface area contributed by atoms with Gasteiger partial charge in [0.2, 0.25) is 5.91 Å². The molecule has 6 heteroatoms. The van der Waals surface area contributed by atoms with Gasteiger partial charge in [0.1, 0.15) is 0 Å². The van der Waals surface area contributed by atoms with Gasteiger partial charge in [-0.1, -0.05) is 12.2 Å². The Morgan fingerprint density at radius 1 is 1.20 bits per heavy atom. The maximum Gasteiger partial charge on any atom is 0.219 e. The maximum atomic E-state index is 11.6. The van der Waals surface area contributed by atoms with Crippen LogP contribution in [-0.4, -0.2) is 60.1 Å². The molecule has 30 heavy (non-hydrogen) atoms. The van der Waals surface area contributed by atoms with E-state index in [0.29, 0.717) is 6.54 Å². The number of thiophene rings is 1. The lowest BCUT2D eigenvalue weighted by Crippen LogP contribution is -2.35. The minimum Gasteiger partial charge on any atom is -0.379 e. The van der Waals surface area contributed by atoms with Crippen molar-refractivity contribution in [2.75, 3.05) is 39.4 Å². The molecule has 4 heterocycles. The molecule has 0 bridgehead atoms. The van der Waals surface area contributed by atoms with Crippen LogP contribution in [0.4, 0.5) is 0 Å². The second-order valence-electron chi connectivity index (χ2n) is 8.14. The van der Waals surface area contributed by atoms with Crippen LogP contribution in [0.3, 0.4) is 0 Å². The number of aromatic nitrogens is 1. The third kappa shape index (κ3) is 4.00. The highest BCUT2D eigenvalue weighted by molar-refractivity contribution is 7.15. The molecule has 3 aliphatic rings. The molecule has 1 saturated heterocycles. The molecule has 5 rings (SSSR count). The molecule has 1 aliphatic carbocycles. The van der Waals surface area contributed by atoms with E-state index in [4.69, 9.17) is 9.72 Å². The van der Waals surface area contributed by atoms with Crippen molar-refractivity contribution in [1.82, 2.24) is 14.8 Å². The monoisotopic (exact) mass is 421 g/mol. The van der Waals surface area contributed by atoms with Gasteiger partial charge in [0.15, 0.2) is 0 Å². The van der Waals surface area contributed by atoms with E-state index in [1.807, 2.05) is 22.4 Å². The number of fused-ring (bicyclic) bond motifs is 1. The van der Waals surface area contributed by atoms with E-state index < -0.39 is 0 Å². The Morgan fingerprint density at radius 3 is 2.83 bits per heavy atom. The summed E-state index contributed by atoms with van der Waals surface area (Å²) in [6.07, 6.45) is 8.34. The molecule has 0 aromatic carbocycles. The van der Waals surface area contributed by atoms with Gasteiger partial charge in [0, 0.05) is 73.1 Å². The van der Waals surface area contributed by atoms with Crippen molar-refractivity contribution in [3.8, 4) is 10.4 Å². The second kappa shape index (κ2) is 8.46. The van der Waals surface area contributed by atoms with Crippen molar-refractivity contribution in [1.29, 1.82) is 0 Å². The number of allylic oxidation sites excluding steroid dienone is 2. The predicted octanol–water partition coefficient (Wildman–Crippen LogP) is 3.76. The molecule has 1 amide bonds. The first-order chi connectivity index (χ1) is 14.7. The van der Waals surface area contributed by atoms with Crippen LogP contribution >= 0.6 is 11.3 Å². The summed E-state index contributed by atoms with van der Waals surface area (Å²) in [5, 5.41) is 0. The fourth-order valence-electron chi connectivity index (χ4n) is 4.43. The molecular weight excluding hydrogens is 394 g/mol. The van der Waals surface area contributed by atoms with Crippen molar-refractivity contribution < 1.29 is 9.53 Å². The zero-order valence-corrected chi connectivity index (χ0v) is 18.2. The Kier molecular flexibility index (Phi) is 5.54. The van der Waals surface area contributed by atoms with Gasteiger partial charge >= 0.3 is 0 Å². The Labute approximate surface area is 181 Å². The number of hydrogen-bond donors (Lipinski definition) is 0. The molecule has 0 spiro atoms. The topological polar surface area (TPSA) is 45.7 Å². The van der Waals surface area contributed by atoms with Crippen LogP contribution in [0.1, 0.15) is 29.5 Å². The van der Waals surface area contributed by atoms with Gasteiger partial charge in [-0.3, -0.25) is 14.7 Å². The maximum absolute atomic E-state index is 11.6. The third-order valence-corrected chi connectivity index (χ3v) is 7.31. The van der Waals surface area contributed by atoms with Gasteiger partial charge in [0.05, 0.1) is 18.9 Å². The van der Waals surface area contributed by atoms with Crippen LogP contribution in [0.25, 0.3) is 16.0 Å². The van der Waals surface area contributed by atoms with E-state index in [1.54, 1.807) is 6.92 Å². The molecule has 2 aromatic heterocycles. The van der Waals surface area contributed by atoms with E-state index >= 15 is 0 Å². The summed E-state index contributed by atoms with van der Waals surface area (Å²) in [6.45, 7) is 7.85. The zero-order chi connectivity index (χ0) is 20.5. The quantitative estimate of drug-likeness (QED) is 0.754. The lowest BCUT2D eigenvalue weighted by molar-refractivity contribution is -0.128. The first-order valence-electron chi connectivity index (χ1n) is 10.7. The highest BCUT2D eigenvalue weighted by Gasteiger charge is 2.23. The molecule has 0 saturated carbocycles. The number of carbonyl (C=O) groups is 1. The summed E-state index contributed by atoms with van der Waals surface area (Å²) in [6, 6.07) is 6.79. The zero-order valence-electron chi connectivity index (χ0n) is 17.4. The normalized spacial score (nSPS) is 19.4. The lowest BCUT2D eigenvalue weighted by atomic mass is 9.95. The summed E-state index contributed by atoms with van der Waals surface area (Å²) >= 11 is 1.86.